The van der Waals surface area contributed by atoms with E-state index in [0.717, 1.165) is 53.9 Å². The average Bonchev–Trinajstić information content (AvgIpc) is 2.84. The van der Waals surface area contributed by atoms with Crippen LogP contribution in [0.1, 0.15) is 28.0 Å². The summed E-state index contributed by atoms with van der Waals surface area (Å²) in [7, 11) is 0. The maximum atomic E-state index is 12.8. The lowest BCUT2D eigenvalue weighted by molar-refractivity contribution is 0.0954. The molecular formula is C28H28N4O. The van der Waals surface area contributed by atoms with Crippen molar-refractivity contribution in [3.8, 4) is 0 Å². The maximum Gasteiger partial charge on any atom is 0.251 e. The van der Waals surface area contributed by atoms with Crippen LogP contribution in [0, 0.1) is 6.92 Å². The first-order chi connectivity index (χ1) is 16.2. The van der Waals surface area contributed by atoms with Crippen molar-refractivity contribution in [1.29, 1.82) is 0 Å². The van der Waals surface area contributed by atoms with E-state index in [-0.39, 0.29) is 5.91 Å². The number of amides is 1. The van der Waals surface area contributed by atoms with Gasteiger partial charge in [-0.05, 0) is 61.7 Å². The van der Waals surface area contributed by atoms with E-state index in [0.29, 0.717) is 12.1 Å². The first-order valence-corrected chi connectivity index (χ1v) is 11.5. The fourth-order valence-electron chi connectivity index (χ4n) is 4.56. The molecule has 5 nitrogen and oxygen atoms in total. The number of hydrogen-bond acceptors (Lipinski definition) is 4. The molecule has 0 aliphatic carbocycles. The van der Waals surface area contributed by atoms with Gasteiger partial charge in [-0.3, -0.25) is 9.78 Å². The van der Waals surface area contributed by atoms with Crippen molar-refractivity contribution < 1.29 is 4.79 Å². The molecule has 0 unspecified atom stereocenters. The normalized spacial score (nSPS) is 12.9. The highest BCUT2D eigenvalue weighted by Gasteiger charge is 2.16. The SMILES string of the molecule is Cc1cc(Nc2cccc(C(=O)NCCN3CCCc4ccccc43)c2)c2ccccc2n1. The van der Waals surface area contributed by atoms with Crippen LogP contribution in [0.15, 0.2) is 78.9 Å². The van der Waals surface area contributed by atoms with Crippen molar-refractivity contribution in [3.05, 3.63) is 95.7 Å². The van der Waals surface area contributed by atoms with Gasteiger partial charge in [-0.15, -0.1) is 0 Å². The van der Waals surface area contributed by atoms with E-state index in [4.69, 9.17) is 0 Å². The minimum atomic E-state index is -0.0558. The van der Waals surface area contributed by atoms with Gasteiger partial charge in [-0.1, -0.05) is 42.5 Å². The molecule has 5 rings (SSSR count). The highest BCUT2D eigenvalue weighted by atomic mass is 16.1. The highest BCUT2D eigenvalue weighted by molar-refractivity contribution is 5.96. The van der Waals surface area contributed by atoms with E-state index in [1.165, 1.54) is 11.3 Å². The Morgan fingerprint density at radius 2 is 1.85 bits per heavy atom. The molecule has 0 fully saturated rings. The van der Waals surface area contributed by atoms with Crippen molar-refractivity contribution >= 4 is 33.9 Å². The molecule has 1 aliphatic heterocycles. The molecule has 0 saturated carbocycles. The largest absolute Gasteiger partial charge is 0.370 e. The number of carbonyl (C=O) groups is 1. The van der Waals surface area contributed by atoms with Gasteiger partial charge in [0, 0.05) is 53.3 Å². The molecule has 3 aromatic carbocycles. The third kappa shape index (κ3) is 4.67. The fraction of sp³-hybridized carbons (Fsp3) is 0.214. The van der Waals surface area contributed by atoms with E-state index in [2.05, 4.69) is 50.8 Å². The molecule has 1 aliphatic rings. The summed E-state index contributed by atoms with van der Waals surface area (Å²) in [5, 5.41) is 7.62. The molecule has 5 heteroatoms. The first kappa shape index (κ1) is 21.0. The molecule has 166 valence electrons. The number of benzene rings is 3. The molecule has 1 aromatic heterocycles. The summed E-state index contributed by atoms with van der Waals surface area (Å²) in [6.07, 6.45) is 2.28. The second-order valence-corrected chi connectivity index (χ2v) is 8.51. The molecule has 0 bridgehead atoms. The Labute approximate surface area is 194 Å². The van der Waals surface area contributed by atoms with Crippen LogP contribution in [0.4, 0.5) is 17.1 Å². The lowest BCUT2D eigenvalue weighted by Crippen LogP contribution is -2.37. The Morgan fingerprint density at radius 3 is 2.79 bits per heavy atom. The molecule has 0 atom stereocenters. The zero-order valence-electron chi connectivity index (χ0n) is 18.8. The van der Waals surface area contributed by atoms with Gasteiger partial charge in [0.1, 0.15) is 0 Å². The number of aryl methyl sites for hydroxylation is 2. The van der Waals surface area contributed by atoms with Gasteiger partial charge in [-0.25, -0.2) is 0 Å². The summed E-state index contributed by atoms with van der Waals surface area (Å²) in [5.74, 6) is -0.0558. The summed E-state index contributed by atoms with van der Waals surface area (Å²) in [5.41, 5.74) is 7.10. The van der Waals surface area contributed by atoms with E-state index in [9.17, 15) is 4.79 Å². The van der Waals surface area contributed by atoms with Crippen molar-refractivity contribution in [2.24, 2.45) is 0 Å². The zero-order valence-corrected chi connectivity index (χ0v) is 18.8. The predicted molar refractivity (Wildman–Crippen MR) is 136 cm³/mol. The first-order valence-electron chi connectivity index (χ1n) is 11.5. The Bertz CT molecular complexity index is 1300. The van der Waals surface area contributed by atoms with Gasteiger partial charge in [0.15, 0.2) is 0 Å². The quantitative estimate of drug-likeness (QED) is 0.421. The molecule has 33 heavy (non-hydrogen) atoms. The summed E-state index contributed by atoms with van der Waals surface area (Å²) < 4.78 is 0. The van der Waals surface area contributed by atoms with E-state index < -0.39 is 0 Å². The molecule has 0 spiro atoms. The van der Waals surface area contributed by atoms with Gasteiger partial charge in [0.25, 0.3) is 5.91 Å². The Morgan fingerprint density at radius 1 is 1.00 bits per heavy atom. The fourth-order valence-corrected chi connectivity index (χ4v) is 4.56. The van der Waals surface area contributed by atoms with Crippen molar-refractivity contribution in [2.75, 3.05) is 29.9 Å². The van der Waals surface area contributed by atoms with Gasteiger partial charge in [-0.2, -0.15) is 0 Å². The van der Waals surface area contributed by atoms with Crippen molar-refractivity contribution in [3.63, 3.8) is 0 Å². The topological polar surface area (TPSA) is 57.3 Å². The minimum absolute atomic E-state index is 0.0558. The summed E-state index contributed by atoms with van der Waals surface area (Å²) in [6, 6.07) is 26.3. The second kappa shape index (κ2) is 9.33. The Balaban J connectivity index is 1.25. The Hall–Kier alpha value is -3.86. The van der Waals surface area contributed by atoms with Crippen molar-refractivity contribution in [2.45, 2.75) is 19.8 Å². The van der Waals surface area contributed by atoms with Crippen LogP contribution < -0.4 is 15.5 Å². The second-order valence-electron chi connectivity index (χ2n) is 8.51. The molecule has 1 amide bonds. The molecule has 4 aromatic rings. The van der Waals surface area contributed by atoms with Crippen LogP contribution in [0.5, 0.6) is 0 Å². The number of anilines is 3. The lowest BCUT2D eigenvalue weighted by Gasteiger charge is -2.31. The predicted octanol–water partition coefficient (Wildman–Crippen LogP) is 5.47. The summed E-state index contributed by atoms with van der Waals surface area (Å²) >= 11 is 0. The van der Waals surface area contributed by atoms with Gasteiger partial charge in [0.2, 0.25) is 0 Å². The van der Waals surface area contributed by atoms with E-state index in [1.54, 1.807) is 0 Å². The Kier molecular flexibility index (Phi) is 5.94. The number of nitrogens with zero attached hydrogens (tertiary/aromatic N) is 2. The molecule has 2 N–H and O–H groups in total. The van der Waals surface area contributed by atoms with Gasteiger partial charge >= 0.3 is 0 Å². The third-order valence-corrected chi connectivity index (χ3v) is 6.12. The number of aromatic nitrogens is 1. The van der Waals surface area contributed by atoms with E-state index in [1.807, 2.05) is 55.5 Å². The third-order valence-electron chi connectivity index (χ3n) is 6.12. The smallest absolute Gasteiger partial charge is 0.251 e. The van der Waals surface area contributed by atoms with Crippen molar-refractivity contribution in [1.82, 2.24) is 10.3 Å². The van der Waals surface area contributed by atoms with E-state index >= 15 is 0 Å². The lowest BCUT2D eigenvalue weighted by atomic mass is 10.0. The van der Waals surface area contributed by atoms with Crippen LogP contribution >= 0.6 is 0 Å². The number of carbonyl (C=O) groups excluding carboxylic acids is 1. The molecular weight excluding hydrogens is 408 g/mol. The van der Waals surface area contributed by atoms with Gasteiger partial charge < -0.3 is 15.5 Å². The molecule has 0 saturated heterocycles. The van der Waals surface area contributed by atoms with Crippen LogP contribution in [0.2, 0.25) is 0 Å². The summed E-state index contributed by atoms with van der Waals surface area (Å²) in [6.45, 7) is 4.44. The molecule has 2 heterocycles. The van der Waals surface area contributed by atoms with Crippen LogP contribution in [-0.2, 0) is 6.42 Å². The van der Waals surface area contributed by atoms with Crippen LogP contribution in [0.25, 0.3) is 10.9 Å². The number of hydrogen-bond donors (Lipinski definition) is 2. The highest BCUT2D eigenvalue weighted by Crippen LogP contribution is 2.27. The van der Waals surface area contributed by atoms with Gasteiger partial charge in [0.05, 0.1) is 5.52 Å². The molecule has 0 radical (unpaired) electrons. The number of nitrogens with one attached hydrogen (secondary N) is 2. The number of para-hydroxylation sites is 2. The number of fused-ring (bicyclic) bond motifs is 2. The van der Waals surface area contributed by atoms with Crippen LogP contribution in [0.3, 0.4) is 0 Å². The maximum absolute atomic E-state index is 12.8. The minimum Gasteiger partial charge on any atom is -0.370 e. The summed E-state index contributed by atoms with van der Waals surface area (Å²) in [4.78, 5) is 19.8. The number of pyridine rings is 1. The average molecular weight is 437 g/mol. The monoisotopic (exact) mass is 436 g/mol. The number of rotatable bonds is 6. The standard InChI is InChI=1S/C28H28N4O/c1-20-18-26(24-12-3-4-13-25(24)30-20)31-23-11-6-9-22(19-23)28(33)29-15-17-32-16-7-10-21-8-2-5-14-27(21)32/h2-6,8-9,11-14,18-19H,7,10,15-17H2,1H3,(H,29,33)(H,30,31). The zero-order chi connectivity index (χ0) is 22.6. The van der Waals surface area contributed by atoms with Crippen LogP contribution in [-0.4, -0.2) is 30.5 Å².